The molecule has 1 saturated heterocycles. The van der Waals surface area contributed by atoms with Gasteiger partial charge in [-0.2, -0.15) is 4.98 Å². The van der Waals surface area contributed by atoms with Gasteiger partial charge >= 0.3 is 0 Å². The predicted octanol–water partition coefficient (Wildman–Crippen LogP) is 3.49. The Hall–Kier alpha value is -2.77. The molecule has 144 valence electrons. The number of nitrogens with zero attached hydrogens (tertiary/aromatic N) is 4. The van der Waals surface area contributed by atoms with E-state index in [1.54, 1.807) is 36.4 Å². The Morgan fingerprint density at radius 1 is 1.11 bits per heavy atom. The molecule has 0 N–H and O–H groups in total. The molecule has 0 aliphatic carbocycles. The van der Waals surface area contributed by atoms with Crippen molar-refractivity contribution in [3.8, 4) is 11.5 Å². The number of amides is 1. The Labute approximate surface area is 166 Å². The average molecular weight is 401 g/mol. The predicted molar refractivity (Wildman–Crippen MR) is 102 cm³/mol. The molecule has 28 heavy (non-hydrogen) atoms. The van der Waals surface area contributed by atoms with Crippen LogP contribution < -0.4 is 0 Å². The van der Waals surface area contributed by atoms with E-state index in [2.05, 4.69) is 15.0 Å². The zero-order valence-corrected chi connectivity index (χ0v) is 15.8. The standard InChI is InChI=1S/C20H18ClFN4O2/c21-16-3-1-2-15(12-16)20(27)26-10-8-25(9-11-26)13-18-23-19(28-24-18)14-4-6-17(22)7-5-14/h1-7,12H,8-11,13H2. The molecule has 0 atom stereocenters. The molecule has 0 bridgehead atoms. The third-order valence-electron chi connectivity index (χ3n) is 4.66. The van der Waals surface area contributed by atoms with Crippen LogP contribution in [-0.4, -0.2) is 52.0 Å². The largest absolute Gasteiger partial charge is 0.336 e. The normalized spacial score (nSPS) is 15.0. The van der Waals surface area contributed by atoms with Crippen molar-refractivity contribution in [3.63, 3.8) is 0 Å². The van der Waals surface area contributed by atoms with Crippen LogP contribution in [0.1, 0.15) is 16.2 Å². The second-order valence-corrected chi connectivity index (χ2v) is 7.04. The summed E-state index contributed by atoms with van der Waals surface area (Å²) in [6.07, 6.45) is 0. The lowest BCUT2D eigenvalue weighted by atomic mass is 10.2. The first-order valence-corrected chi connectivity index (χ1v) is 9.32. The van der Waals surface area contributed by atoms with Crippen molar-refractivity contribution in [2.24, 2.45) is 0 Å². The van der Waals surface area contributed by atoms with Crippen LogP contribution >= 0.6 is 11.6 Å². The van der Waals surface area contributed by atoms with Crippen molar-refractivity contribution in [1.29, 1.82) is 0 Å². The number of carbonyl (C=O) groups is 1. The van der Waals surface area contributed by atoms with Gasteiger partial charge in [0.1, 0.15) is 5.82 Å². The molecular weight excluding hydrogens is 383 g/mol. The maximum Gasteiger partial charge on any atom is 0.257 e. The van der Waals surface area contributed by atoms with Crippen LogP contribution in [0.4, 0.5) is 4.39 Å². The van der Waals surface area contributed by atoms with Gasteiger partial charge in [0, 0.05) is 42.3 Å². The van der Waals surface area contributed by atoms with Gasteiger partial charge in [-0.15, -0.1) is 0 Å². The first-order valence-electron chi connectivity index (χ1n) is 8.94. The van der Waals surface area contributed by atoms with Crippen LogP contribution in [0.2, 0.25) is 5.02 Å². The molecule has 1 fully saturated rings. The third kappa shape index (κ3) is 4.21. The number of aromatic nitrogens is 2. The van der Waals surface area contributed by atoms with Gasteiger partial charge < -0.3 is 9.42 Å². The molecule has 2 heterocycles. The van der Waals surface area contributed by atoms with Crippen molar-refractivity contribution >= 4 is 17.5 Å². The molecule has 1 amide bonds. The molecule has 3 aromatic rings. The number of rotatable bonds is 4. The highest BCUT2D eigenvalue weighted by atomic mass is 35.5. The maximum atomic E-state index is 13.0. The van der Waals surface area contributed by atoms with Gasteiger partial charge in [0.25, 0.3) is 11.8 Å². The van der Waals surface area contributed by atoms with Crippen LogP contribution in [-0.2, 0) is 6.54 Å². The lowest BCUT2D eigenvalue weighted by molar-refractivity contribution is 0.0624. The van der Waals surface area contributed by atoms with Gasteiger partial charge in [-0.25, -0.2) is 4.39 Å². The SMILES string of the molecule is O=C(c1cccc(Cl)c1)N1CCN(Cc2noc(-c3ccc(F)cc3)n2)CC1. The smallest absolute Gasteiger partial charge is 0.257 e. The lowest BCUT2D eigenvalue weighted by Gasteiger charge is -2.34. The highest BCUT2D eigenvalue weighted by Crippen LogP contribution is 2.19. The summed E-state index contributed by atoms with van der Waals surface area (Å²) in [5, 5.41) is 4.56. The van der Waals surface area contributed by atoms with Crippen molar-refractivity contribution in [1.82, 2.24) is 19.9 Å². The van der Waals surface area contributed by atoms with Crippen molar-refractivity contribution in [2.45, 2.75) is 6.54 Å². The number of halogens is 2. The molecule has 0 unspecified atom stereocenters. The molecule has 0 saturated carbocycles. The van der Waals surface area contributed by atoms with Crippen LogP contribution in [0.3, 0.4) is 0 Å². The molecule has 1 aliphatic rings. The fourth-order valence-corrected chi connectivity index (χ4v) is 3.33. The Morgan fingerprint density at radius 3 is 2.57 bits per heavy atom. The molecule has 1 aliphatic heterocycles. The van der Waals surface area contributed by atoms with Crippen LogP contribution in [0.15, 0.2) is 53.1 Å². The Balaban J connectivity index is 1.33. The topological polar surface area (TPSA) is 62.5 Å². The van der Waals surface area contributed by atoms with E-state index in [0.29, 0.717) is 60.6 Å². The van der Waals surface area contributed by atoms with Crippen molar-refractivity contribution in [2.75, 3.05) is 26.2 Å². The van der Waals surface area contributed by atoms with Crippen LogP contribution in [0, 0.1) is 5.82 Å². The zero-order valence-electron chi connectivity index (χ0n) is 15.0. The number of hydrogen-bond acceptors (Lipinski definition) is 5. The maximum absolute atomic E-state index is 13.0. The van der Waals surface area contributed by atoms with E-state index in [-0.39, 0.29) is 11.7 Å². The molecule has 8 heteroatoms. The monoisotopic (exact) mass is 400 g/mol. The minimum absolute atomic E-state index is 0.0136. The average Bonchev–Trinajstić information content (AvgIpc) is 3.17. The second kappa shape index (κ2) is 8.08. The summed E-state index contributed by atoms with van der Waals surface area (Å²) >= 11 is 5.97. The summed E-state index contributed by atoms with van der Waals surface area (Å²) in [5.74, 6) is 0.604. The summed E-state index contributed by atoms with van der Waals surface area (Å²) < 4.78 is 18.3. The number of piperazine rings is 1. The molecule has 0 spiro atoms. The summed E-state index contributed by atoms with van der Waals surface area (Å²) in [4.78, 5) is 21.0. The molecule has 0 radical (unpaired) electrons. The molecule has 2 aromatic carbocycles. The van der Waals surface area contributed by atoms with Crippen LogP contribution in [0.5, 0.6) is 0 Å². The van der Waals surface area contributed by atoms with Crippen LogP contribution in [0.25, 0.3) is 11.5 Å². The number of benzene rings is 2. The molecular formula is C20H18ClFN4O2. The lowest BCUT2D eigenvalue weighted by Crippen LogP contribution is -2.48. The Morgan fingerprint density at radius 2 is 1.86 bits per heavy atom. The van der Waals surface area contributed by atoms with Gasteiger partial charge in [0.2, 0.25) is 0 Å². The fourth-order valence-electron chi connectivity index (χ4n) is 3.14. The van der Waals surface area contributed by atoms with Crippen molar-refractivity contribution < 1.29 is 13.7 Å². The van der Waals surface area contributed by atoms with Gasteiger partial charge in [0.05, 0.1) is 6.54 Å². The summed E-state index contributed by atoms with van der Waals surface area (Å²) in [5.41, 5.74) is 1.28. The van der Waals surface area contributed by atoms with E-state index in [0.717, 1.165) is 0 Å². The van der Waals surface area contributed by atoms with Crippen molar-refractivity contribution in [3.05, 3.63) is 70.8 Å². The van der Waals surface area contributed by atoms with E-state index in [1.165, 1.54) is 12.1 Å². The summed E-state index contributed by atoms with van der Waals surface area (Å²) in [7, 11) is 0. The molecule has 1 aromatic heterocycles. The summed E-state index contributed by atoms with van der Waals surface area (Å²) in [6.45, 7) is 3.20. The second-order valence-electron chi connectivity index (χ2n) is 6.60. The fraction of sp³-hybridized carbons (Fsp3) is 0.250. The quantitative estimate of drug-likeness (QED) is 0.671. The van der Waals surface area contributed by atoms with Gasteiger partial charge in [-0.1, -0.05) is 22.8 Å². The first kappa shape index (κ1) is 18.6. The first-order chi connectivity index (χ1) is 13.6. The Bertz CT molecular complexity index is 968. The summed E-state index contributed by atoms with van der Waals surface area (Å²) in [6, 6.07) is 12.9. The minimum atomic E-state index is -0.311. The highest BCUT2D eigenvalue weighted by Gasteiger charge is 2.23. The number of hydrogen-bond donors (Lipinski definition) is 0. The molecule has 6 nitrogen and oxygen atoms in total. The van der Waals surface area contributed by atoms with Gasteiger partial charge in [0.15, 0.2) is 5.82 Å². The van der Waals surface area contributed by atoms with E-state index in [9.17, 15) is 9.18 Å². The van der Waals surface area contributed by atoms with E-state index in [4.69, 9.17) is 16.1 Å². The zero-order chi connectivity index (χ0) is 19.5. The number of carbonyl (C=O) groups excluding carboxylic acids is 1. The Kier molecular flexibility index (Phi) is 5.36. The highest BCUT2D eigenvalue weighted by molar-refractivity contribution is 6.30. The van der Waals surface area contributed by atoms with E-state index < -0.39 is 0 Å². The van der Waals surface area contributed by atoms with E-state index in [1.807, 2.05) is 4.90 Å². The minimum Gasteiger partial charge on any atom is -0.336 e. The third-order valence-corrected chi connectivity index (χ3v) is 4.89. The van der Waals surface area contributed by atoms with Gasteiger partial charge in [-0.3, -0.25) is 9.69 Å². The van der Waals surface area contributed by atoms with E-state index >= 15 is 0 Å². The van der Waals surface area contributed by atoms with Gasteiger partial charge in [-0.05, 0) is 42.5 Å². The molecule has 4 rings (SSSR count).